The third-order valence-corrected chi connectivity index (χ3v) is 5.98. The molecule has 164 valence electrons. The smallest absolute Gasteiger partial charge is 0.408 e. The standard InChI is InChI=1S/C22H25N3O5S/c1-13(2)19(25-22(29)30-12-14-6-4-3-5-7-14)17(26)9-15-8-16-10-24-31-18(16)11-23-21(28)20(15)27/h3-7,10,13,15,19H,8-9,11-12H2,1-2H3,(H,23,28)(H,25,29). The first kappa shape index (κ1) is 22.6. The lowest BCUT2D eigenvalue weighted by molar-refractivity contribution is -0.141. The van der Waals surface area contributed by atoms with Gasteiger partial charge in [-0.05, 0) is 35.0 Å². The van der Waals surface area contributed by atoms with Crippen LogP contribution < -0.4 is 10.6 Å². The molecule has 1 aliphatic rings. The summed E-state index contributed by atoms with van der Waals surface area (Å²) in [6.07, 6.45) is 1.08. The van der Waals surface area contributed by atoms with Crippen LogP contribution in [0.1, 0.15) is 36.3 Å². The highest BCUT2D eigenvalue weighted by Gasteiger charge is 2.34. The fraction of sp³-hybridized carbons (Fsp3) is 0.409. The number of Topliss-reactive ketones (excluding diaryl/α,β-unsaturated/α-hetero) is 2. The molecule has 2 N–H and O–H groups in total. The van der Waals surface area contributed by atoms with Crippen LogP contribution in [0.4, 0.5) is 4.79 Å². The molecule has 2 atom stereocenters. The molecule has 2 aromatic rings. The van der Waals surface area contributed by atoms with Crippen LogP contribution in [0.2, 0.25) is 0 Å². The summed E-state index contributed by atoms with van der Waals surface area (Å²) in [5.41, 5.74) is 1.68. The zero-order chi connectivity index (χ0) is 22.4. The summed E-state index contributed by atoms with van der Waals surface area (Å²) in [5, 5.41) is 5.19. The summed E-state index contributed by atoms with van der Waals surface area (Å²) < 4.78 is 9.34. The molecule has 31 heavy (non-hydrogen) atoms. The van der Waals surface area contributed by atoms with E-state index >= 15 is 0 Å². The SMILES string of the molecule is CC(C)C(NC(=O)OCc1ccccc1)C(=O)CC1Cc2cnsc2CNC(=O)C1=O. The molecule has 0 radical (unpaired) electrons. The molecule has 0 fully saturated rings. The topological polar surface area (TPSA) is 114 Å². The van der Waals surface area contributed by atoms with Gasteiger partial charge in [0, 0.05) is 23.4 Å². The Bertz CT molecular complexity index is 957. The zero-order valence-electron chi connectivity index (χ0n) is 17.4. The van der Waals surface area contributed by atoms with E-state index in [0.29, 0.717) is 0 Å². The number of hydrogen-bond donors (Lipinski definition) is 2. The molecule has 2 unspecified atom stereocenters. The van der Waals surface area contributed by atoms with Crippen molar-refractivity contribution >= 4 is 35.1 Å². The van der Waals surface area contributed by atoms with Gasteiger partial charge in [0.2, 0.25) is 5.78 Å². The van der Waals surface area contributed by atoms with Gasteiger partial charge in [0.25, 0.3) is 5.91 Å². The van der Waals surface area contributed by atoms with Gasteiger partial charge in [-0.3, -0.25) is 14.4 Å². The summed E-state index contributed by atoms with van der Waals surface area (Å²) in [5.74, 6) is -2.66. The highest BCUT2D eigenvalue weighted by Crippen LogP contribution is 2.23. The molecule has 0 saturated carbocycles. The number of benzene rings is 1. The van der Waals surface area contributed by atoms with E-state index in [4.69, 9.17) is 4.74 Å². The summed E-state index contributed by atoms with van der Waals surface area (Å²) in [4.78, 5) is 50.8. The van der Waals surface area contributed by atoms with E-state index in [9.17, 15) is 19.2 Å². The van der Waals surface area contributed by atoms with E-state index in [2.05, 4.69) is 15.0 Å². The molecule has 0 saturated heterocycles. The molecule has 0 bridgehead atoms. The van der Waals surface area contributed by atoms with E-state index < -0.39 is 29.7 Å². The number of amides is 2. The highest BCUT2D eigenvalue weighted by atomic mass is 32.1. The second kappa shape index (κ2) is 10.3. The predicted octanol–water partition coefficient (Wildman–Crippen LogP) is 2.41. The maximum Gasteiger partial charge on any atom is 0.408 e. The van der Waals surface area contributed by atoms with Gasteiger partial charge >= 0.3 is 6.09 Å². The Labute approximate surface area is 184 Å². The second-order valence-corrected chi connectivity index (χ2v) is 8.71. The first-order valence-corrected chi connectivity index (χ1v) is 10.9. The Kier molecular flexibility index (Phi) is 7.51. The number of ether oxygens (including phenoxy) is 1. The largest absolute Gasteiger partial charge is 0.445 e. The maximum absolute atomic E-state index is 13.0. The number of rotatable bonds is 7. The summed E-state index contributed by atoms with van der Waals surface area (Å²) in [7, 11) is 0. The van der Waals surface area contributed by atoms with Gasteiger partial charge in [0.15, 0.2) is 5.78 Å². The number of nitrogens with zero attached hydrogens (tertiary/aromatic N) is 1. The van der Waals surface area contributed by atoms with Gasteiger partial charge in [0.05, 0.1) is 12.6 Å². The van der Waals surface area contributed by atoms with Crippen LogP contribution in [0.3, 0.4) is 0 Å². The van der Waals surface area contributed by atoms with Gasteiger partial charge in [-0.15, -0.1) is 0 Å². The molecule has 2 amide bonds. The lowest BCUT2D eigenvalue weighted by Crippen LogP contribution is -2.46. The molecular weight excluding hydrogens is 418 g/mol. The van der Waals surface area contributed by atoms with Gasteiger partial charge in [-0.1, -0.05) is 44.2 Å². The molecular formula is C22H25N3O5S. The summed E-state index contributed by atoms with van der Waals surface area (Å²) in [6, 6.07) is 8.38. The third-order valence-electron chi connectivity index (χ3n) is 5.15. The van der Waals surface area contributed by atoms with Crippen molar-refractivity contribution in [2.45, 2.75) is 45.9 Å². The van der Waals surface area contributed by atoms with Crippen molar-refractivity contribution in [1.29, 1.82) is 0 Å². The van der Waals surface area contributed by atoms with Crippen molar-refractivity contribution < 1.29 is 23.9 Å². The number of aromatic nitrogens is 1. The van der Waals surface area contributed by atoms with E-state index in [0.717, 1.165) is 16.0 Å². The lowest BCUT2D eigenvalue weighted by Gasteiger charge is -2.24. The highest BCUT2D eigenvalue weighted by molar-refractivity contribution is 7.05. The number of carbonyl (C=O) groups excluding carboxylic acids is 4. The van der Waals surface area contributed by atoms with Crippen molar-refractivity contribution in [2.24, 2.45) is 11.8 Å². The predicted molar refractivity (Wildman–Crippen MR) is 114 cm³/mol. The van der Waals surface area contributed by atoms with Gasteiger partial charge in [-0.2, -0.15) is 0 Å². The minimum absolute atomic E-state index is 0.0842. The van der Waals surface area contributed by atoms with Crippen molar-refractivity contribution in [3.05, 3.63) is 52.5 Å². The molecule has 9 heteroatoms. The first-order valence-electron chi connectivity index (χ1n) is 10.1. The number of hydrogen-bond acceptors (Lipinski definition) is 7. The van der Waals surface area contributed by atoms with Crippen LogP contribution >= 0.6 is 11.5 Å². The minimum atomic E-state index is -0.829. The lowest BCUT2D eigenvalue weighted by atomic mass is 9.86. The number of fused-ring (bicyclic) bond motifs is 1. The molecule has 2 heterocycles. The third kappa shape index (κ3) is 5.97. The van der Waals surface area contributed by atoms with Crippen LogP contribution in [0.15, 0.2) is 36.5 Å². The zero-order valence-corrected chi connectivity index (χ0v) is 18.2. The van der Waals surface area contributed by atoms with E-state index in [1.165, 1.54) is 11.5 Å². The van der Waals surface area contributed by atoms with Crippen LogP contribution in [0.5, 0.6) is 0 Å². The van der Waals surface area contributed by atoms with E-state index in [1.807, 2.05) is 30.3 Å². The normalized spacial score (nSPS) is 17.2. The molecule has 1 aromatic carbocycles. The number of nitrogens with one attached hydrogen (secondary N) is 2. The molecule has 8 nitrogen and oxygen atoms in total. The maximum atomic E-state index is 13.0. The molecule has 0 aliphatic carbocycles. The average Bonchev–Trinajstić information content (AvgIpc) is 3.19. The Morgan fingerprint density at radius 3 is 2.71 bits per heavy atom. The van der Waals surface area contributed by atoms with Crippen molar-refractivity contribution in [3.63, 3.8) is 0 Å². The number of ketones is 2. The molecule has 1 aromatic heterocycles. The fourth-order valence-electron chi connectivity index (χ4n) is 3.43. The fourth-order valence-corrected chi connectivity index (χ4v) is 4.13. The average molecular weight is 444 g/mol. The van der Waals surface area contributed by atoms with Gasteiger partial charge < -0.3 is 15.4 Å². The van der Waals surface area contributed by atoms with Crippen LogP contribution in [-0.2, 0) is 38.7 Å². The Morgan fingerprint density at radius 1 is 1.26 bits per heavy atom. The minimum Gasteiger partial charge on any atom is -0.445 e. The van der Waals surface area contributed by atoms with Crippen molar-refractivity contribution in [2.75, 3.05) is 0 Å². The second-order valence-electron chi connectivity index (χ2n) is 7.82. The van der Waals surface area contributed by atoms with E-state index in [1.54, 1.807) is 20.0 Å². The van der Waals surface area contributed by atoms with E-state index in [-0.39, 0.29) is 37.7 Å². The van der Waals surface area contributed by atoms with Crippen molar-refractivity contribution in [1.82, 2.24) is 15.0 Å². The first-order chi connectivity index (χ1) is 14.8. The van der Waals surface area contributed by atoms with Gasteiger partial charge in [0.1, 0.15) is 6.61 Å². The Hall–Kier alpha value is -3.07. The van der Waals surface area contributed by atoms with Crippen LogP contribution in [0.25, 0.3) is 0 Å². The summed E-state index contributed by atoms with van der Waals surface area (Å²) in [6.45, 7) is 3.94. The van der Waals surface area contributed by atoms with Crippen LogP contribution in [0, 0.1) is 11.8 Å². The monoisotopic (exact) mass is 443 g/mol. The molecule has 0 spiro atoms. The quantitative estimate of drug-likeness (QED) is 0.635. The number of carbonyl (C=O) groups is 4. The van der Waals surface area contributed by atoms with Gasteiger partial charge in [-0.25, -0.2) is 9.17 Å². The Morgan fingerprint density at radius 2 is 2.00 bits per heavy atom. The van der Waals surface area contributed by atoms with Crippen molar-refractivity contribution in [3.8, 4) is 0 Å². The molecule has 3 rings (SSSR count). The summed E-state index contributed by atoms with van der Waals surface area (Å²) >= 11 is 1.26. The van der Waals surface area contributed by atoms with Crippen LogP contribution in [-0.4, -0.2) is 34.0 Å². The molecule has 1 aliphatic heterocycles. The number of alkyl carbamates (subject to hydrolysis) is 1. The Balaban J connectivity index is 1.64.